The maximum absolute atomic E-state index is 4.52. The average molecular weight is 275 g/mol. The molecule has 0 atom stereocenters. The Bertz CT molecular complexity index is 562. The number of anilines is 2. The van der Waals surface area contributed by atoms with E-state index < -0.39 is 0 Å². The lowest BCUT2D eigenvalue weighted by molar-refractivity contribution is 0.770. The van der Waals surface area contributed by atoms with Crippen molar-refractivity contribution in [3.05, 3.63) is 24.0 Å². The molecule has 108 valence electrons. The summed E-state index contributed by atoms with van der Waals surface area (Å²) >= 11 is 0. The quantitative estimate of drug-likeness (QED) is 0.836. The van der Waals surface area contributed by atoms with Crippen LogP contribution in [0.25, 0.3) is 0 Å². The number of nitrogens with one attached hydrogen (secondary N) is 2. The van der Waals surface area contributed by atoms with Crippen LogP contribution in [0.4, 0.5) is 11.6 Å². The van der Waals surface area contributed by atoms with Gasteiger partial charge in [0.1, 0.15) is 23.8 Å². The van der Waals surface area contributed by atoms with E-state index in [-0.39, 0.29) is 5.92 Å². The van der Waals surface area contributed by atoms with Crippen molar-refractivity contribution in [2.45, 2.75) is 33.2 Å². The summed E-state index contributed by atoms with van der Waals surface area (Å²) in [6.45, 7) is 7.62. The van der Waals surface area contributed by atoms with Crippen molar-refractivity contribution in [2.24, 2.45) is 7.05 Å². The van der Waals surface area contributed by atoms with Crippen molar-refractivity contribution >= 4 is 11.6 Å². The second kappa shape index (κ2) is 6.31. The lowest BCUT2D eigenvalue weighted by Crippen LogP contribution is -2.10. The molecule has 0 bridgehead atoms. The third-order valence-corrected chi connectivity index (χ3v) is 2.85. The molecule has 0 fully saturated rings. The molecule has 0 aromatic carbocycles. The first-order valence-corrected chi connectivity index (χ1v) is 6.79. The second-order valence-electron chi connectivity index (χ2n) is 4.89. The van der Waals surface area contributed by atoms with Gasteiger partial charge in [-0.1, -0.05) is 13.8 Å². The van der Waals surface area contributed by atoms with Gasteiger partial charge in [-0.3, -0.25) is 0 Å². The second-order valence-corrected chi connectivity index (χ2v) is 4.89. The first kappa shape index (κ1) is 14.2. The van der Waals surface area contributed by atoms with Crippen molar-refractivity contribution in [1.29, 1.82) is 0 Å². The van der Waals surface area contributed by atoms with Gasteiger partial charge < -0.3 is 15.2 Å². The van der Waals surface area contributed by atoms with Gasteiger partial charge in [0, 0.05) is 25.6 Å². The van der Waals surface area contributed by atoms with Crippen molar-refractivity contribution in [3.8, 4) is 0 Å². The molecule has 0 unspecified atom stereocenters. The predicted octanol–water partition coefficient (Wildman–Crippen LogP) is 1.77. The highest BCUT2D eigenvalue weighted by Crippen LogP contribution is 2.17. The fourth-order valence-electron chi connectivity index (χ4n) is 1.72. The predicted molar refractivity (Wildman–Crippen MR) is 78.6 cm³/mol. The molecule has 7 nitrogen and oxygen atoms in total. The Morgan fingerprint density at radius 1 is 1.20 bits per heavy atom. The van der Waals surface area contributed by atoms with Crippen LogP contribution in [0.1, 0.15) is 38.3 Å². The van der Waals surface area contributed by atoms with Gasteiger partial charge in [-0.05, 0) is 6.92 Å². The van der Waals surface area contributed by atoms with Gasteiger partial charge >= 0.3 is 0 Å². The van der Waals surface area contributed by atoms with Crippen molar-refractivity contribution in [3.63, 3.8) is 0 Å². The fourth-order valence-corrected chi connectivity index (χ4v) is 1.72. The first-order chi connectivity index (χ1) is 9.60. The molecule has 2 aromatic rings. The van der Waals surface area contributed by atoms with Crippen LogP contribution in [0.3, 0.4) is 0 Å². The van der Waals surface area contributed by atoms with Crippen LogP contribution in [0.2, 0.25) is 0 Å². The highest BCUT2D eigenvalue weighted by atomic mass is 15.3. The summed E-state index contributed by atoms with van der Waals surface area (Å²) in [6.07, 6.45) is 1.68. The number of hydrogen-bond acceptors (Lipinski definition) is 6. The van der Waals surface area contributed by atoms with Crippen molar-refractivity contribution < 1.29 is 0 Å². The molecule has 0 saturated carbocycles. The Balaban J connectivity index is 2.15. The maximum Gasteiger partial charge on any atom is 0.151 e. The van der Waals surface area contributed by atoms with E-state index in [0.29, 0.717) is 6.54 Å². The Kier molecular flexibility index (Phi) is 4.49. The van der Waals surface area contributed by atoms with Crippen molar-refractivity contribution in [1.82, 2.24) is 24.7 Å². The minimum atomic E-state index is 0.281. The standard InChI is InChI=1S/C13H21N7/c1-5-14-10-6-11(18-13(17-10)9(2)3)15-7-12-19-16-8-20(12)4/h6,8-9H,5,7H2,1-4H3,(H2,14,15,17,18). The number of nitrogens with zero attached hydrogens (tertiary/aromatic N) is 5. The molecule has 0 amide bonds. The zero-order valence-electron chi connectivity index (χ0n) is 12.4. The molecule has 0 spiro atoms. The van der Waals surface area contributed by atoms with E-state index in [2.05, 4.69) is 44.6 Å². The lowest BCUT2D eigenvalue weighted by Gasteiger charge is -2.12. The van der Waals surface area contributed by atoms with Gasteiger partial charge in [0.25, 0.3) is 0 Å². The van der Waals surface area contributed by atoms with E-state index in [9.17, 15) is 0 Å². The van der Waals surface area contributed by atoms with E-state index >= 15 is 0 Å². The van der Waals surface area contributed by atoms with E-state index in [1.807, 2.05) is 24.6 Å². The summed E-state index contributed by atoms with van der Waals surface area (Å²) in [5.74, 6) is 3.60. The minimum absolute atomic E-state index is 0.281. The smallest absolute Gasteiger partial charge is 0.151 e. The number of aryl methyl sites for hydroxylation is 1. The fraction of sp³-hybridized carbons (Fsp3) is 0.538. The molecular weight excluding hydrogens is 254 g/mol. The monoisotopic (exact) mass is 275 g/mol. The van der Waals surface area contributed by atoms with Gasteiger partial charge in [0.15, 0.2) is 5.82 Å². The summed E-state index contributed by atoms with van der Waals surface area (Å²) < 4.78 is 1.88. The summed E-state index contributed by atoms with van der Waals surface area (Å²) in [5, 5.41) is 14.4. The molecule has 0 aliphatic carbocycles. The minimum Gasteiger partial charge on any atom is -0.370 e. The van der Waals surface area contributed by atoms with Crippen LogP contribution in [0, 0.1) is 0 Å². The Hall–Kier alpha value is -2.18. The molecule has 2 N–H and O–H groups in total. The third-order valence-electron chi connectivity index (χ3n) is 2.85. The SMILES string of the molecule is CCNc1cc(NCc2nncn2C)nc(C(C)C)n1. The number of rotatable bonds is 6. The van der Waals surface area contributed by atoms with Crippen LogP contribution >= 0.6 is 0 Å². The van der Waals surface area contributed by atoms with Crippen LogP contribution in [-0.2, 0) is 13.6 Å². The molecule has 0 aliphatic heterocycles. The third kappa shape index (κ3) is 3.43. The van der Waals surface area contributed by atoms with Gasteiger partial charge in [0.2, 0.25) is 0 Å². The summed E-state index contributed by atoms with van der Waals surface area (Å²) in [6, 6.07) is 1.91. The van der Waals surface area contributed by atoms with Crippen LogP contribution < -0.4 is 10.6 Å². The number of hydrogen-bond donors (Lipinski definition) is 2. The Morgan fingerprint density at radius 2 is 1.90 bits per heavy atom. The van der Waals surface area contributed by atoms with E-state index in [1.54, 1.807) is 6.33 Å². The van der Waals surface area contributed by atoms with E-state index in [1.165, 1.54) is 0 Å². The first-order valence-electron chi connectivity index (χ1n) is 6.79. The van der Waals surface area contributed by atoms with Gasteiger partial charge in [-0.25, -0.2) is 9.97 Å². The summed E-state index contributed by atoms with van der Waals surface area (Å²) in [4.78, 5) is 9.01. The molecule has 0 saturated heterocycles. The molecule has 2 heterocycles. The topological polar surface area (TPSA) is 80.5 Å². The lowest BCUT2D eigenvalue weighted by atomic mass is 10.2. The molecule has 7 heteroatoms. The Morgan fingerprint density at radius 3 is 2.45 bits per heavy atom. The highest BCUT2D eigenvalue weighted by molar-refractivity contribution is 5.47. The van der Waals surface area contributed by atoms with Gasteiger partial charge in [0.05, 0.1) is 6.54 Å². The largest absolute Gasteiger partial charge is 0.370 e. The highest BCUT2D eigenvalue weighted by Gasteiger charge is 2.08. The van der Waals surface area contributed by atoms with Crippen molar-refractivity contribution in [2.75, 3.05) is 17.2 Å². The normalized spacial score (nSPS) is 10.8. The average Bonchev–Trinajstić information content (AvgIpc) is 2.82. The molecular formula is C13H21N7. The zero-order chi connectivity index (χ0) is 14.5. The van der Waals surface area contributed by atoms with Crippen LogP contribution in [-0.4, -0.2) is 31.3 Å². The number of aromatic nitrogens is 5. The van der Waals surface area contributed by atoms with Gasteiger partial charge in [-0.2, -0.15) is 0 Å². The van der Waals surface area contributed by atoms with Crippen LogP contribution in [0.15, 0.2) is 12.4 Å². The van der Waals surface area contributed by atoms with E-state index in [4.69, 9.17) is 0 Å². The van der Waals surface area contributed by atoms with Crippen LogP contribution in [0.5, 0.6) is 0 Å². The maximum atomic E-state index is 4.52. The molecule has 2 aromatic heterocycles. The summed E-state index contributed by atoms with van der Waals surface area (Å²) in [5.41, 5.74) is 0. The zero-order valence-corrected chi connectivity index (χ0v) is 12.4. The molecule has 0 aliphatic rings. The Labute approximate surface area is 118 Å². The molecule has 2 rings (SSSR count). The molecule has 0 radical (unpaired) electrons. The van der Waals surface area contributed by atoms with E-state index in [0.717, 1.165) is 29.8 Å². The molecule has 20 heavy (non-hydrogen) atoms. The van der Waals surface area contributed by atoms with Gasteiger partial charge in [-0.15, -0.1) is 10.2 Å². The summed E-state index contributed by atoms with van der Waals surface area (Å²) in [7, 11) is 1.92.